The van der Waals surface area contributed by atoms with Gasteiger partial charge in [0.15, 0.2) is 5.69 Å². The van der Waals surface area contributed by atoms with E-state index < -0.39 is 5.97 Å². The van der Waals surface area contributed by atoms with Gasteiger partial charge in [-0.3, -0.25) is 0 Å². The van der Waals surface area contributed by atoms with Crippen molar-refractivity contribution in [2.24, 2.45) is 0 Å². The van der Waals surface area contributed by atoms with Crippen molar-refractivity contribution in [1.82, 2.24) is 9.97 Å². The molecule has 0 spiro atoms. The number of pyridine rings is 1. The summed E-state index contributed by atoms with van der Waals surface area (Å²) in [6.45, 7) is 0. The number of rotatable bonds is 1. The van der Waals surface area contributed by atoms with Crippen LogP contribution < -0.4 is 0 Å². The van der Waals surface area contributed by atoms with Crippen molar-refractivity contribution in [3.63, 3.8) is 0 Å². The molecule has 5 heteroatoms. The summed E-state index contributed by atoms with van der Waals surface area (Å²) in [6.07, 6.45) is 1.68. The van der Waals surface area contributed by atoms with Crippen LogP contribution >= 0.6 is 11.6 Å². The zero-order chi connectivity index (χ0) is 9.42. The van der Waals surface area contributed by atoms with Crippen LogP contribution in [0.15, 0.2) is 18.3 Å². The number of halogens is 1. The smallest absolute Gasteiger partial charge is 0.356 e. The van der Waals surface area contributed by atoms with Gasteiger partial charge < -0.3 is 10.1 Å². The molecule has 0 unspecified atom stereocenters. The molecule has 0 amide bonds. The SMILES string of the molecule is O=C(O)c1nc2[nH]ccc2cc1Cl. The highest BCUT2D eigenvalue weighted by Crippen LogP contribution is 2.19. The molecule has 2 rings (SSSR count). The Labute approximate surface area is 78.2 Å². The second kappa shape index (κ2) is 2.74. The Morgan fingerprint density at radius 1 is 1.62 bits per heavy atom. The van der Waals surface area contributed by atoms with Gasteiger partial charge in [0.05, 0.1) is 5.02 Å². The quantitative estimate of drug-likeness (QED) is 0.732. The van der Waals surface area contributed by atoms with E-state index in [9.17, 15) is 4.79 Å². The Balaban J connectivity index is 2.76. The second-order valence-corrected chi connectivity index (χ2v) is 2.95. The van der Waals surface area contributed by atoms with Crippen molar-refractivity contribution in [1.29, 1.82) is 0 Å². The van der Waals surface area contributed by atoms with E-state index >= 15 is 0 Å². The summed E-state index contributed by atoms with van der Waals surface area (Å²) < 4.78 is 0. The first kappa shape index (κ1) is 8.07. The van der Waals surface area contributed by atoms with Crippen LogP contribution in [0.1, 0.15) is 10.5 Å². The Bertz CT molecular complexity index is 478. The highest BCUT2D eigenvalue weighted by atomic mass is 35.5. The summed E-state index contributed by atoms with van der Waals surface area (Å²) in [4.78, 5) is 17.3. The second-order valence-electron chi connectivity index (χ2n) is 2.54. The van der Waals surface area contributed by atoms with E-state index in [0.29, 0.717) is 5.65 Å². The van der Waals surface area contributed by atoms with Gasteiger partial charge in [-0.05, 0) is 12.1 Å². The molecule has 0 fully saturated rings. The zero-order valence-electron chi connectivity index (χ0n) is 6.41. The maximum atomic E-state index is 10.6. The predicted molar refractivity (Wildman–Crippen MR) is 48.1 cm³/mol. The van der Waals surface area contributed by atoms with Gasteiger partial charge in [-0.1, -0.05) is 11.6 Å². The van der Waals surface area contributed by atoms with Crippen LogP contribution in [0.2, 0.25) is 5.02 Å². The van der Waals surface area contributed by atoms with Crippen LogP contribution in [0, 0.1) is 0 Å². The maximum absolute atomic E-state index is 10.6. The first-order chi connectivity index (χ1) is 6.18. The van der Waals surface area contributed by atoms with E-state index in [4.69, 9.17) is 16.7 Å². The molecule has 2 aromatic rings. The maximum Gasteiger partial charge on any atom is 0.356 e. The lowest BCUT2D eigenvalue weighted by molar-refractivity contribution is 0.0691. The van der Waals surface area contributed by atoms with E-state index in [0.717, 1.165) is 5.39 Å². The third-order valence-corrected chi connectivity index (χ3v) is 1.98. The average molecular weight is 197 g/mol. The lowest BCUT2D eigenvalue weighted by Gasteiger charge is -1.97. The monoisotopic (exact) mass is 196 g/mol. The van der Waals surface area contributed by atoms with E-state index in [-0.39, 0.29) is 10.7 Å². The number of aromatic carboxylic acids is 1. The molecule has 2 N–H and O–H groups in total. The summed E-state index contributed by atoms with van der Waals surface area (Å²) in [5.41, 5.74) is 0.401. The molecule has 0 bridgehead atoms. The molecule has 4 nitrogen and oxygen atoms in total. The van der Waals surface area contributed by atoms with Gasteiger partial charge in [0.1, 0.15) is 5.65 Å². The Kier molecular flexibility index (Phi) is 1.70. The van der Waals surface area contributed by atoms with Gasteiger partial charge in [-0.15, -0.1) is 0 Å². The summed E-state index contributed by atoms with van der Waals surface area (Å²) in [7, 11) is 0. The van der Waals surface area contributed by atoms with E-state index in [1.165, 1.54) is 0 Å². The van der Waals surface area contributed by atoms with E-state index in [2.05, 4.69) is 9.97 Å². The van der Waals surface area contributed by atoms with Crippen molar-refractivity contribution in [3.8, 4) is 0 Å². The number of fused-ring (bicyclic) bond motifs is 1. The van der Waals surface area contributed by atoms with Crippen molar-refractivity contribution >= 4 is 28.6 Å². The van der Waals surface area contributed by atoms with Crippen LogP contribution in [0.4, 0.5) is 0 Å². The molecule has 2 heterocycles. The van der Waals surface area contributed by atoms with E-state index in [1.807, 2.05) is 0 Å². The van der Waals surface area contributed by atoms with Crippen LogP contribution in [-0.2, 0) is 0 Å². The molecular formula is C8H5ClN2O2. The van der Waals surface area contributed by atoms with Crippen LogP contribution in [0.25, 0.3) is 11.0 Å². The molecular weight excluding hydrogens is 192 g/mol. The number of H-pyrrole nitrogens is 1. The number of aromatic nitrogens is 2. The third-order valence-electron chi connectivity index (χ3n) is 1.69. The number of nitrogens with one attached hydrogen (secondary N) is 1. The van der Waals surface area contributed by atoms with E-state index in [1.54, 1.807) is 18.3 Å². The van der Waals surface area contributed by atoms with Crippen LogP contribution in [0.5, 0.6) is 0 Å². The first-order valence-corrected chi connectivity index (χ1v) is 3.93. The van der Waals surface area contributed by atoms with Crippen molar-refractivity contribution < 1.29 is 9.90 Å². The fourth-order valence-electron chi connectivity index (χ4n) is 1.11. The minimum atomic E-state index is -1.12. The number of carbonyl (C=O) groups is 1. The molecule has 0 aromatic carbocycles. The van der Waals surface area contributed by atoms with Gasteiger partial charge in [0, 0.05) is 11.6 Å². The molecule has 0 atom stereocenters. The van der Waals surface area contributed by atoms with Crippen molar-refractivity contribution in [3.05, 3.63) is 29.0 Å². The number of hydrogen-bond acceptors (Lipinski definition) is 2. The van der Waals surface area contributed by atoms with Gasteiger partial charge >= 0.3 is 5.97 Å². The molecule has 66 valence electrons. The highest BCUT2D eigenvalue weighted by molar-refractivity contribution is 6.33. The predicted octanol–water partition coefficient (Wildman–Crippen LogP) is 1.91. The third kappa shape index (κ3) is 1.25. The molecule has 0 saturated carbocycles. The van der Waals surface area contributed by atoms with Crippen molar-refractivity contribution in [2.75, 3.05) is 0 Å². The minimum Gasteiger partial charge on any atom is -0.476 e. The van der Waals surface area contributed by atoms with Crippen LogP contribution in [-0.4, -0.2) is 21.0 Å². The molecule has 0 saturated heterocycles. The largest absolute Gasteiger partial charge is 0.476 e. The number of hydrogen-bond donors (Lipinski definition) is 2. The van der Waals surface area contributed by atoms with Gasteiger partial charge in [-0.2, -0.15) is 0 Å². The van der Waals surface area contributed by atoms with Gasteiger partial charge in [-0.25, -0.2) is 9.78 Å². The number of nitrogens with zero attached hydrogens (tertiary/aromatic N) is 1. The summed E-state index contributed by atoms with van der Waals surface area (Å²) in [5.74, 6) is -1.12. The molecule has 0 radical (unpaired) electrons. The number of carboxylic acids is 1. The lowest BCUT2D eigenvalue weighted by Crippen LogP contribution is -2.01. The topological polar surface area (TPSA) is 66.0 Å². The Hall–Kier alpha value is -1.55. The fraction of sp³-hybridized carbons (Fsp3) is 0. The molecule has 0 aliphatic rings. The number of aromatic amines is 1. The van der Waals surface area contributed by atoms with Gasteiger partial charge in [0.2, 0.25) is 0 Å². The Morgan fingerprint density at radius 2 is 2.38 bits per heavy atom. The van der Waals surface area contributed by atoms with Crippen LogP contribution in [0.3, 0.4) is 0 Å². The first-order valence-electron chi connectivity index (χ1n) is 3.55. The Morgan fingerprint density at radius 3 is 3.08 bits per heavy atom. The summed E-state index contributed by atoms with van der Waals surface area (Å²) in [6, 6.07) is 3.35. The summed E-state index contributed by atoms with van der Waals surface area (Å²) in [5, 5.41) is 9.66. The van der Waals surface area contributed by atoms with Gasteiger partial charge in [0.25, 0.3) is 0 Å². The average Bonchev–Trinajstić information content (AvgIpc) is 2.48. The fourth-order valence-corrected chi connectivity index (χ4v) is 1.35. The highest BCUT2D eigenvalue weighted by Gasteiger charge is 2.11. The van der Waals surface area contributed by atoms with Crippen molar-refractivity contribution in [2.45, 2.75) is 0 Å². The molecule has 0 aliphatic carbocycles. The normalized spacial score (nSPS) is 10.5. The minimum absolute atomic E-state index is 0.128. The molecule has 0 aliphatic heterocycles. The standard InChI is InChI=1S/C8H5ClN2O2/c9-5-3-4-1-2-10-7(4)11-6(5)8(12)13/h1-3H,(H,10,11)(H,12,13). The zero-order valence-corrected chi connectivity index (χ0v) is 7.17. The summed E-state index contributed by atoms with van der Waals surface area (Å²) >= 11 is 5.70. The lowest BCUT2D eigenvalue weighted by atomic mass is 10.3. The number of carboxylic acid groups (broad SMARTS) is 1. The molecule has 13 heavy (non-hydrogen) atoms. The molecule has 2 aromatic heterocycles.